The number of aliphatic imine (C=N–C) groups is 1. The lowest BCUT2D eigenvalue weighted by Crippen LogP contribution is -2.23. The average molecular weight is 594 g/mol. The van der Waals surface area contributed by atoms with E-state index in [2.05, 4.69) is 21.9 Å². The van der Waals surface area contributed by atoms with Crippen molar-refractivity contribution in [2.45, 2.75) is 52.2 Å². The first kappa shape index (κ1) is 30.6. The van der Waals surface area contributed by atoms with Gasteiger partial charge in [0.05, 0.1) is 27.3 Å². The molecule has 2 aromatic heterocycles. The molecule has 4 rings (SSSR count). The van der Waals surface area contributed by atoms with Crippen LogP contribution < -0.4 is 5.73 Å². The fourth-order valence-electron chi connectivity index (χ4n) is 4.29. The number of amides is 1. The minimum atomic E-state index is -1.30. The van der Waals surface area contributed by atoms with E-state index in [1.165, 1.54) is 13.8 Å². The number of nitrogens with two attached hydrogens (primary N) is 1. The molecule has 3 N–H and O–H groups in total. The van der Waals surface area contributed by atoms with Crippen LogP contribution in [-0.4, -0.2) is 42.9 Å². The second-order valence-corrected chi connectivity index (χ2v) is 11.6. The summed E-state index contributed by atoms with van der Waals surface area (Å²) < 4.78 is 35.4. The molecule has 0 radical (unpaired) electrons. The van der Waals surface area contributed by atoms with Gasteiger partial charge in [-0.05, 0) is 76.4 Å². The van der Waals surface area contributed by atoms with E-state index in [1.54, 1.807) is 56.8 Å². The van der Waals surface area contributed by atoms with E-state index in [4.69, 9.17) is 27.1 Å². The van der Waals surface area contributed by atoms with Crippen molar-refractivity contribution in [3.8, 4) is 23.0 Å². The molecule has 0 fully saturated rings. The molecule has 1 amide bonds. The van der Waals surface area contributed by atoms with Crippen molar-refractivity contribution in [3.05, 3.63) is 76.1 Å². The minimum absolute atomic E-state index is 0.0643. The zero-order chi connectivity index (χ0) is 31.0. The van der Waals surface area contributed by atoms with Gasteiger partial charge in [-0.2, -0.15) is 10.1 Å². The van der Waals surface area contributed by atoms with E-state index < -0.39 is 28.9 Å². The number of ether oxygens (including phenoxy) is 1. The molecule has 0 aliphatic heterocycles. The topological polar surface area (TPSA) is 116 Å². The fraction of sp³-hybridized carbons (Fsp3) is 0.290. The normalized spacial score (nSPS) is 12.3. The molecule has 0 saturated heterocycles. The monoisotopic (exact) mass is 593 g/mol. The standard InChI is InChI=1S/C31H30ClF2N5O3/c1-30(2,3)42-29(40)37-24(15-17-13-18(33)16-19(34)14-17)26-21(8-7-20(36-26)11-12-31(4,5)41)22-9-10-23(32)25-27(22)39(6)38-28(25)35/h7-10,13-14,16,41H,15H2,1-6H3,(H2,35,38). The number of carbonyl (C=O) groups excluding carboxylic acids is 1. The third-order valence-electron chi connectivity index (χ3n) is 5.83. The number of hydrogen-bond acceptors (Lipinski definition) is 6. The molecule has 4 aromatic rings. The highest BCUT2D eigenvalue weighted by Crippen LogP contribution is 2.37. The summed E-state index contributed by atoms with van der Waals surface area (Å²) in [6.45, 7) is 8.13. The Hall–Kier alpha value is -4.33. The van der Waals surface area contributed by atoms with E-state index in [9.17, 15) is 18.7 Å². The average Bonchev–Trinajstić information content (AvgIpc) is 3.15. The van der Waals surface area contributed by atoms with Gasteiger partial charge in [-0.25, -0.2) is 18.6 Å². The highest BCUT2D eigenvalue weighted by Gasteiger charge is 2.23. The Labute approximate surface area is 247 Å². The van der Waals surface area contributed by atoms with Crippen LogP contribution in [0.5, 0.6) is 0 Å². The van der Waals surface area contributed by atoms with Crippen LogP contribution in [-0.2, 0) is 18.2 Å². The van der Waals surface area contributed by atoms with Gasteiger partial charge in [0.15, 0.2) is 5.82 Å². The molecule has 2 aromatic carbocycles. The molecular weight excluding hydrogens is 564 g/mol. The Balaban J connectivity index is 2.04. The second-order valence-electron chi connectivity index (χ2n) is 11.2. The van der Waals surface area contributed by atoms with Crippen molar-refractivity contribution in [1.29, 1.82) is 0 Å². The number of pyridine rings is 1. The maximum Gasteiger partial charge on any atom is 0.434 e. The maximum atomic E-state index is 14.2. The van der Waals surface area contributed by atoms with E-state index in [0.29, 0.717) is 27.1 Å². The summed E-state index contributed by atoms with van der Waals surface area (Å²) in [6.07, 6.45) is -1.10. The number of hydrogen-bond donors (Lipinski definition) is 2. The first-order chi connectivity index (χ1) is 19.5. The smallest absolute Gasteiger partial charge is 0.434 e. The Morgan fingerprint density at radius 3 is 2.36 bits per heavy atom. The molecule has 0 aliphatic rings. The molecule has 8 nitrogen and oxygen atoms in total. The van der Waals surface area contributed by atoms with Crippen LogP contribution in [0.15, 0.2) is 47.5 Å². The molecule has 42 heavy (non-hydrogen) atoms. The van der Waals surface area contributed by atoms with Crippen LogP contribution in [0.4, 0.5) is 19.4 Å². The lowest BCUT2D eigenvalue weighted by molar-refractivity contribution is 0.0604. The van der Waals surface area contributed by atoms with Crippen molar-refractivity contribution >= 4 is 40.1 Å². The molecule has 0 atom stereocenters. The zero-order valence-corrected chi connectivity index (χ0v) is 24.8. The van der Waals surface area contributed by atoms with Crippen molar-refractivity contribution in [1.82, 2.24) is 14.8 Å². The van der Waals surface area contributed by atoms with Crippen LogP contribution in [0.1, 0.15) is 51.6 Å². The summed E-state index contributed by atoms with van der Waals surface area (Å²) in [7, 11) is 1.71. The number of fused-ring (bicyclic) bond motifs is 1. The molecule has 0 aliphatic carbocycles. The number of rotatable bonds is 4. The Morgan fingerprint density at radius 2 is 1.74 bits per heavy atom. The van der Waals surface area contributed by atoms with Gasteiger partial charge in [-0.15, -0.1) is 0 Å². The number of nitrogens with zero attached hydrogens (tertiary/aromatic N) is 4. The largest absolute Gasteiger partial charge is 0.442 e. The van der Waals surface area contributed by atoms with Gasteiger partial charge >= 0.3 is 6.09 Å². The van der Waals surface area contributed by atoms with Gasteiger partial charge < -0.3 is 15.6 Å². The van der Waals surface area contributed by atoms with Crippen molar-refractivity contribution in [2.75, 3.05) is 5.73 Å². The van der Waals surface area contributed by atoms with Crippen LogP contribution in [0, 0.1) is 23.5 Å². The summed E-state index contributed by atoms with van der Waals surface area (Å²) in [5, 5.41) is 15.4. The lowest BCUT2D eigenvalue weighted by atomic mass is 9.95. The molecule has 11 heteroatoms. The summed E-state index contributed by atoms with van der Waals surface area (Å²) in [6, 6.07) is 9.82. The van der Waals surface area contributed by atoms with Gasteiger partial charge in [-0.1, -0.05) is 23.6 Å². The van der Waals surface area contributed by atoms with Gasteiger partial charge in [0.1, 0.15) is 28.5 Å². The number of aliphatic hydroxyl groups is 1. The molecule has 2 heterocycles. The van der Waals surface area contributed by atoms with E-state index >= 15 is 0 Å². The first-order valence-electron chi connectivity index (χ1n) is 12.9. The van der Waals surface area contributed by atoms with Crippen molar-refractivity contribution < 1.29 is 23.4 Å². The van der Waals surface area contributed by atoms with Crippen LogP contribution in [0.25, 0.3) is 22.0 Å². The summed E-state index contributed by atoms with van der Waals surface area (Å²) in [5.74, 6) is 4.19. The van der Waals surface area contributed by atoms with Gasteiger partial charge in [0, 0.05) is 30.7 Å². The third-order valence-corrected chi connectivity index (χ3v) is 6.15. The second kappa shape index (κ2) is 11.5. The molecule has 0 bridgehead atoms. The van der Waals surface area contributed by atoms with Crippen molar-refractivity contribution in [3.63, 3.8) is 0 Å². The Bertz CT molecular complexity index is 1770. The van der Waals surface area contributed by atoms with Crippen LogP contribution in [0.2, 0.25) is 5.02 Å². The quantitative estimate of drug-likeness (QED) is 0.214. The fourth-order valence-corrected chi connectivity index (χ4v) is 4.54. The Morgan fingerprint density at radius 1 is 1.10 bits per heavy atom. The summed E-state index contributed by atoms with van der Waals surface area (Å²) in [5.41, 5.74) is 6.40. The van der Waals surface area contributed by atoms with E-state index in [-0.39, 0.29) is 34.9 Å². The SMILES string of the molecule is Cn1nc(N)c2c(Cl)ccc(-c3ccc(C#CC(C)(C)O)nc3C(Cc3cc(F)cc(F)c3)=NC(=O)OC(C)(C)C)c21. The highest BCUT2D eigenvalue weighted by atomic mass is 35.5. The number of carbonyl (C=O) groups is 1. The Kier molecular flexibility index (Phi) is 8.39. The summed E-state index contributed by atoms with van der Waals surface area (Å²) in [4.78, 5) is 21.9. The number of aromatic nitrogens is 3. The van der Waals surface area contributed by atoms with E-state index in [1.807, 2.05) is 0 Å². The lowest BCUT2D eigenvalue weighted by Gasteiger charge is -2.19. The van der Waals surface area contributed by atoms with Crippen molar-refractivity contribution in [2.24, 2.45) is 12.0 Å². The van der Waals surface area contributed by atoms with Gasteiger partial charge in [-0.3, -0.25) is 4.68 Å². The van der Waals surface area contributed by atoms with E-state index in [0.717, 1.165) is 18.2 Å². The molecule has 218 valence electrons. The molecule has 0 spiro atoms. The predicted molar refractivity (Wildman–Crippen MR) is 159 cm³/mol. The molecule has 0 saturated carbocycles. The number of anilines is 1. The number of halogens is 3. The number of nitrogen functional groups attached to an aromatic ring is 1. The number of aryl methyl sites for hydroxylation is 1. The van der Waals surface area contributed by atoms with Gasteiger partial charge in [0.25, 0.3) is 0 Å². The highest BCUT2D eigenvalue weighted by molar-refractivity contribution is 6.37. The maximum absolute atomic E-state index is 14.2. The summed E-state index contributed by atoms with van der Waals surface area (Å²) >= 11 is 6.47. The minimum Gasteiger partial charge on any atom is -0.442 e. The predicted octanol–water partition coefficient (Wildman–Crippen LogP) is 6.24. The third kappa shape index (κ3) is 7.29. The molecule has 0 unspecified atom stereocenters. The first-order valence-corrected chi connectivity index (χ1v) is 13.3. The van der Waals surface area contributed by atoms with Crippen LogP contribution >= 0.6 is 11.6 Å². The zero-order valence-electron chi connectivity index (χ0n) is 24.0. The number of benzene rings is 2. The molecular formula is C31H30ClF2N5O3. The van der Waals surface area contributed by atoms with Crippen LogP contribution in [0.3, 0.4) is 0 Å². The van der Waals surface area contributed by atoms with Gasteiger partial charge in [0.2, 0.25) is 0 Å².